The molecule has 82 valence electrons. The molecule has 0 saturated carbocycles. The van der Waals surface area contributed by atoms with Gasteiger partial charge in [0.2, 0.25) is 0 Å². The molecule has 3 nitrogen and oxygen atoms in total. The predicted molar refractivity (Wildman–Crippen MR) is 56.1 cm³/mol. The zero-order chi connectivity index (χ0) is 10.4. The van der Waals surface area contributed by atoms with Crippen molar-refractivity contribution in [1.29, 1.82) is 0 Å². The molecule has 1 saturated heterocycles. The van der Waals surface area contributed by atoms with E-state index in [1.807, 2.05) is 6.92 Å². The average molecular weight is 199 g/mol. The summed E-state index contributed by atoms with van der Waals surface area (Å²) in [4.78, 5) is 13.6. The summed E-state index contributed by atoms with van der Waals surface area (Å²) in [6, 6.07) is 0. The normalized spacial score (nSPS) is 21.3. The Morgan fingerprint density at radius 3 is 2.36 bits per heavy atom. The Balaban J connectivity index is 2.30. The number of carbonyl (C=O) groups is 1. The van der Waals surface area contributed by atoms with E-state index in [4.69, 9.17) is 4.74 Å². The van der Waals surface area contributed by atoms with Gasteiger partial charge in [0.05, 0.1) is 13.0 Å². The molecule has 1 rings (SSSR count). The van der Waals surface area contributed by atoms with Crippen molar-refractivity contribution in [3.8, 4) is 0 Å². The molecule has 0 aliphatic carbocycles. The quantitative estimate of drug-likeness (QED) is 0.648. The van der Waals surface area contributed by atoms with E-state index in [1.165, 1.54) is 32.8 Å². The molecule has 0 amide bonds. The lowest BCUT2D eigenvalue weighted by molar-refractivity contribution is -0.145. The molecule has 3 heteroatoms. The Morgan fingerprint density at radius 1 is 1.29 bits per heavy atom. The SMILES string of the molecule is COC(=O)C(C)CN1CCCCCC1. The zero-order valence-corrected chi connectivity index (χ0v) is 9.29. The van der Waals surface area contributed by atoms with Gasteiger partial charge in [0.1, 0.15) is 0 Å². The number of rotatable bonds is 3. The van der Waals surface area contributed by atoms with Crippen LogP contribution in [-0.2, 0) is 9.53 Å². The summed E-state index contributed by atoms with van der Waals surface area (Å²) in [7, 11) is 1.46. The van der Waals surface area contributed by atoms with Gasteiger partial charge in [-0.3, -0.25) is 4.79 Å². The van der Waals surface area contributed by atoms with Gasteiger partial charge in [-0.05, 0) is 25.9 Å². The molecule has 1 unspecified atom stereocenters. The highest BCUT2D eigenvalue weighted by Gasteiger charge is 2.18. The van der Waals surface area contributed by atoms with E-state index in [1.54, 1.807) is 0 Å². The lowest BCUT2D eigenvalue weighted by atomic mass is 10.1. The number of hydrogen-bond donors (Lipinski definition) is 0. The van der Waals surface area contributed by atoms with Crippen molar-refractivity contribution in [1.82, 2.24) is 4.90 Å². The summed E-state index contributed by atoms with van der Waals surface area (Å²) >= 11 is 0. The van der Waals surface area contributed by atoms with Crippen LogP contribution in [0.5, 0.6) is 0 Å². The number of esters is 1. The van der Waals surface area contributed by atoms with Crippen LogP contribution >= 0.6 is 0 Å². The molecule has 0 radical (unpaired) electrons. The first-order valence-corrected chi connectivity index (χ1v) is 5.54. The van der Waals surface area contributed by atoms with Crippen molar-refractivity contribution in [3.63, 3.8) is 0 Å². The van der Waals surface area contributed by atoms with Gasteiger partial charge in [-0.15, -0.1) is 0 Å². The first-order chi connectivity index (χ1) is 6.74. The minimum absolute atomic E-state index is 0.0121. The van der Waals surface area contributed by atoms with Crippen LogP contribution in [0.1, 0.15) is 32.6 Å². The number of nitrogens with zero attached hydrogens (tertiary/aromatic N) is 1. The van der Waals surface area contributed by atoms with Crippen molar-refractivity contribution < 1.29 is 9.53 Å². The maximum absolute atomic E-state index is 11.2. The third-order valence-corrected chi connectivity index (χ3v) is 2.83. The molecule has 1 heterocycles. The van der Waals surface area contributed by atoms with Crippen LogP contribution in [0.25, 0.3) is 0 Å². The molecule has 0 spiro atoms. The van der Waals surface area contributed by atoms with Crippen molar-refractivity contribution in [2.24, 2.45) is 5.92 Å². The van der Waals surface area contributed by atoms with Crippen molar-refractivity contribution >= 4 is 5.97 Å². The second-order valence-electron chi connectivity index (χ2n) is 4.14. The third kappa shape index (κ3) is 3.66. The second-order valence-corrected chi connectivity index (χ2v) is 4.14. The van der Waals surface area contributed by atoms with Crippen LogP contribution in [0.15, 0.2) is 0 Å². The molecular weight excluding hydrogens is 178 g/mol. The van der Waals surface area contributed by atoms with E-state index >= 15 is 0 Å². The van der Waals surface area contributed by atoms with E-state index in [-0.39, 0.29) is 11.9 Å². The summed E-state index contributed by atoms with van der Waals surface area (Å²) in [5.74, 6) is -0.0765. The summed E-state index contributed by atoms with van der Waals surface area (Å²) in [5.41, 5.74) is 0. The maximum atomic E-state index is 11.2. The molecule has 14 heavy (non-hydrogen) atoms. The molecule has 1 aliphatic rings. The molecule has 0 aromatic rings. The Labute approximate surface area is 86.4 Å². The van der Waals surface area contributed by atoms with Crippen LogP contribution in [0, 0.1) is 5.92 Å². The number of likely N-dealkylation sites (tertiary alicyclic amines) is 1. The van der Waals surface area contributed by atoms with Gasteiger partial charge in [-0.25, -0.2) is 0 Å². The van der Waals surface area contributed by atoms with E-state index in [9.17, 15) is 4.79 Å². The minimum atomic E-state index is -0.0887. The summed E-state index contributed by atoms with van der Waals surface area (Å²) in [5, 5.41) is 0. The first kappa shape index (κ1) is 11.5. The molecule has 0 aromatic carbocycles. The number of ether oxygens (including phenoxy) is 1. The Hall–Kier alpha value is -0.570. The van der Waals surface area contributed by atoms with Crippen LogP contribution in [0.3, 0.4) is 0 Å². The Kier molecular flexibility index (Phi) is 4.94. The Bertz CT molecular complexity index is 174. The Morgan fingerprint density at radius 2 is 1.86 bits per heavy atom. The fourth-order valence-electron chi connectivity index (χ4n) is 1.98. The minimum Gasteiger partial charge on any atom is -0.469 e. The molecule has 1 aliphatic heterocycles. The predicted octanol–water partition coefficient (Wildman–Crippen LogP) is 1.67. The molecule has 0 bridgehead atoms. The monoisotopic (exact) mass is 199 g/mol. The molecule has 0 N–H and O–H groups in total. The summed E-state index contributed by atoms with van der Waals surface area (Å²) < 4.78 is 4.72. The lowest BCUT2D eigenvalue weighted by Gasteiger charge is -2.22. The van der Waals surface area contributed by atoms with Gasteiger partial charge in [0.25, 0.3) is 0 Å². The molecule has 1 atom stereocenters. The van der Waals surface area contributed by atoms with Crippen molar-refractivity contribution in [3.05, 3.63) is 0 Å². The van der Waals surface area contributed by atoms with Crippen molar-refractivity contribution in [2.75, 3.05) is 26.7 Å². The van der Waals surface area contributed by atoms with E-state index in [0.29, 0.717) is 0 Å². The molecular formula is C11H21NO2. The van der Waals surface area contributed by atoms with Gasteiger partial charge < -0.3 is 9.64 Å². The summed E-state index contributed by atoms with van der Waals surface area (Å²) in [6.45, 7) is 5.08. The van der Waals surface area contributed by atoms with Crippen molar-refractivity contribution in [2.45, 2.75) is 32.6 Å². The van der Waals surface area contributed by atoms with Crippen LogP contribution in [0.2, 0.25) is 0 Å². The topological polar surface area (TPSA) is 29.5 Å². The van der Waals surface area contributed by atoms with Gasteiger partial charge in [0.15, 0.2) is 0 Å². The number of hydrogen-bond acceptors (Lipinski definition) is 3. The maximum Gasteiger partial charge on any atom is 0.309 e. The molecule has 1 fully saturated rings. The smallest absolute Gasteiger partial charge is 0.309 e. The highest BCUT2D eigenvalue weighted by atomic mass is 16.5. The van der Waals surface area contributed by atoms with Gasteiger partial charge in [-0.1, -0.05) is 19.8 Å². The van der Waals surface area contributed by atoms with E-state index in [0.717, 1.165) is 19.6 Å². The fraction of sp³-hybridized carbons (Fsp3) is 0.909. The van der Waals surface area contributed by atoms with Gasteiger partial charge in [-0.2, -0.15) is 0 Å². The summed E-state index contributed by atoms with van der Waals surface area (Å²) in [6.07, 6.45) is 5.22. The first-order valence-electron chi connectivity index (χ1n) is 5.54. The van der Waals surface area contributed by atoms with Gasteiger partial charge in [0, 0.05) is 6.54 Å². The van der Waals surface area contributed by atoms with Gasteiger partial charge >= 0.3 is 5.97 Å². The zero-order valence-electron chi connectivity index (χ0n) is 9.29. The van der Waals surface area contributed by atoms with E-state index in [2.05, 4.69) is 4.90 Å². The average Bonchev–Trinajstić information content (AvgIpc) is 2.45. The van der Waals surface area contributed by atoms with Crippen LogP contribution in [0.4, 0.5) is 0 Å². The third-order valence-electron chi connectivity index (χ3n) is 2.83. The van der Waals surface area contributed by atoms with E-state index < -0.39 is 0 Å². The highest BCUT2D eigenvalue weighted by Crippen LogP contribution is 2.11. The lowest BCUT2D eigenvalue weighted by Crippen LogP contribution is -2.33. The highest BCUT2D eigenvalue weighted by molar-refractivity contribution is 5.72. The standard InChI is InChI=1S/C11H21NO2/c1-10(11(13)14-2)9-12-7-5-3-4-6-8-12/h10H,3-9H2,1-2H3. The van der Waals surface area contributed by atoms with Crippen LogP contribution in [-0.4, -0.2) is 37.6 Å². The largest absolute Gasteiger partial charge is 0.469 e. The molecule has 0 aromatic heterocycles. The number of carbonyl (C=O) groups excluding carboxylic acids is 1. The second kappa shape index (κ2) is 6.02. The van der Waals surface area contributed by atoms with Crippen LogP contribution < -0.4 is 0 Å². The fourth-order valence-corrected chi connectivity index (χ4v) is 1.98. The number of methoxy groups -OCH3 is 1.